The van der Waals surface area contributed by atoms with E-state index in [0.29, 0.717) is 19.7 Å². The Bertz CT molecular complexity index is 891. The van der Waals surface area contributed by atoms with E-state index < -0.39 is 0 Å². The number of nitrogens with zero attached hydrogens (tertiary/aromatic N) is 3. The first kappa shape index (κ1) is 25.1. The van der Waals surface area contributed by atoms with Crippen molar-refractivity contribution in [1.29, 1.82) is 0 Å². The van der Waals surface area contributed by atoms with Crippen LogP contribution in [-0.2, 0) is 20.8 Å². The molecule has 6 nitrogen and oxygen atoms in total. The Labute approximate surface area is 196 Å². The average Bonchev–Trinajstić information content (AvgIpc) is 3.19. The zero-order valence-electron chi connectivity index (χ0n) is 20.2. The van der Waals surface area contributed by atoms with E-state index >= 15 is 0 Å². The van der Waals surface area contributed by atoms with E-state index in [1.165, 1.54) is 24.4 Å². The Morgan fingerprint density at radius 2 is 1.85 bits per heavy atom. The second kappa shape index (κ2) is 12.1. The van der Waals surface area contributed by atoms with Crippen molar-refractivity contribution in [2.45, 2.75) is 12.5 Å². The molecular formula is C26H36FN3O3. The average molecular weight is 458 g/mol. The lowest BCUT2D eigenvalue weighted by molar-refractivity contribution is -0.136. The van der Waals surface area contributed by atoms with Crippen LogP contribution < -0.4 is 4.90 Å². The summed E-state index contributed by atoms with van der Waals surface area (Å²) in [7, 11) is 7.22. The zero-order valence-corrected chi connectivity index (χ0v) is 20.2. The van der Waals surface area contributed by atoms with Gasteiger partial charge in [0.25, 0.3) is 0 Å². The number of carbonyl (C=O) groups is 1. The van der Waals surface area contributed by atoms with Crippen molar-refractivity contribution >= 4 is 11.6 Å². The highest BCUT2D eigenvalue weighted by Crippen LogP contribution is 2.34. The number of ether oxygens (including phenoxy) is 2. The monoisotopic (exact) mass is 457 g/mol. The fourth-order valence-corrected chi connectivity index (χ4v) is 4.56. The smallest absolute Gasteiger partial charge is 0.248 e. The Hall–Kier alpha value is -2.48. The molecule has 1 amide bonds. The predicted molar refractivity (Wildman–Crippen MR) is 129 cm³/mol. The number of hydrogen-bond donors (Lipinski definition) is 0. The van der Waals surface area contributed by atoms with Gasteiger partial charge in [0.05, 0.1) is 6.61 Å². The number of methoxy groups -OCH3 is 2. The molecule has 0 unspecified atom stereocenters. The molecule has 1 fully saturated rings. The molecule has 2 aromatic rings. The van der Waals surface area contributed by atoms with Crippen molar-refractivity contribution in [3.8, 4) is 0 Å². The molecule has 0 N–H and O–H groups in total. The van der Waals surface area contributed by atoms with Crippen LogP contribution in [0, 0.1) is 11.7 Å². The number of halogens is 1. The number of benzene rings is 2. The Balaban J connectivity index is 1.78. The molecular weight excluding hydrogens is 421 g/mol. The summed E-state index contributed by atoms with van der Waals surface area (Å²) in [5.41, 5.74) is 3.39. The summed E-state index contributed by atoms with van der Waals surface area (Å²) >= 11 is 0. The quantitative estimate of drug-likeness (QED) is 0.519. The third kappa shape index (κ3) is 7.00. The van der Waals surface area contributed by atoms with Gasteiger partial charge in [-0.1, -0.05) is 24.3 Å². The molecule has 33 heavy (non-hydrogen) atoms. The molecule has 2 atom stereocenters. The SMILES string of the molecule is COCCN(C[C@H]1CN(Cc2ccc(N(C)C)cc2)C[C@@H]1c1cccc(F)c1)C(=O)COC. The van der Waals surface area contributed by atoms with Gasteiger partial charge in [0.15, 0.2) is 0 Å². The van der Waals surface area contributed by atoms with E-state index in [4.69, 9.17) is 9.47 Å². The molecule has 0 radical (unpaired) electrons. The van der Waals surface area contributed by atoms with E-state index in [1.807, 2.05) is 25.1 Å². The largest absolute Gasteiger partial charge is 0.383 e. The minimum atomic E-state index is -0.226. The topological polar surface area (TPSA) is 45.2 Å². The van der Waals surface area contributed by atoms with Gasteiger partial charge in [-0.2, -0.15) is 0 Å². The van der Waals surface area contributed by atoms with Gasteiger partial charge in [0.1, 0.15) is 12.4 Å². The number of likely N-dealkylation sites (tertiary alicyclic amines) is 1. The van der Waals surface area contributed by atoms with Gasteiger partial charge >= 0.3 is 0 Å². The number of anilines is 1. The lowest BCUT2D eigenvalue weighted by atomic mass is 9.88. The second-order valence-electron chi connectivity index (χ2n) is 8.94. The molecule has 0 bridgehead atoms. The molecule has 0 aliphatic carbocycles. The van der Waals surface area contributed by atoms with E-state index in [2.05, 4.69) is 34.1 Å². The Morgan fingerprint density at radius 1 is 1.09 bits per heavy atom. The lowest BCUT2D eigenvalue weighted by Crippen LogP contribution is -2.41. The molecule has 1 aliphatic rings. The summed E-state index contributed by atoms with van der Waals surface area (Å²) in [5.74, 6) is 0.0496. The molecule has 180 valence electrons. The van der Waals surface area contributed by atoms with Gasteiger partial charge in [-0.05, 0) is 41.3 Å². The van der Waals surface area contributed by atoms with Crippen LogP contribution in [0.3, 0.4) is 0 Å². The normalized spacial score (nSPS) is 18.5. The van der Waals surface area contributed by atoms with Crippen molar-refractivity contribution in [2.24, 2.45) is 5.92 Å². The summed E-state index contributed by atoms with van der Waals surface area (Å²) in [4.78, 5) is 19.0. The molecule has 0 saturated carbocycles. The highest BCUT2D eigenvalue weighted by atomic mass is 19.1. The van der Waals surface area contributed by atoms with Crippen LogP contribution in [0.4, 0.5) is 10.1 Å². The van der Waals surface area contributed by atoms with Gasteiger partial charge in [-0.25, -0.2) is 4.39 Å². The maximum atomic E-state index is 14.0. The first-order valence-electron chi connectivity index (χ1n) is 11.4. The highest BCUT2D eigenvalue weighted by molar-refractivity contribution is 5.77. The first-order chi connectivity index (χ1) is 15.9. The van der Waals surface area contributed by atoms with Gasteiger partial charge < -0.3 is 19.3 Å². The molecule has 0 aromatic heterocycles. The van der Waals surface area contributed by atoms with Gasteiger partial charge in [0.2, 0.25) is 5.91 Å². The summed E-state index contributed by atoms with van der Waals surface area (Å²) in [6.45, 7) is 4.08. The fourth-order valence-electron chi connectivity index (χ4n) is 4.56. The second-order valence-corrected chi connectivity index (χ2v) is 8.94. The van der Waals surface area contributed by atoms with Crippen LogP contribution in [0.2, 0.25) is 0 Å². The summed E-state index contributed by atoms with van der Waals surface area (Å²) in [6.07, 6.45) is 0. The maximum Gasteiger partial charge on any atom is 0.248 e. The molecule has 3 rings (SSSR count). The predicted octanol–water partition coefficient (Wildman–Crippen LogP) is 3.23. The molecule has 1 aliphatic heterocycles. The number of carbonyl (C=O) groups excluding carboxylic acids is 1. The fraction of sp³-hybridized carbons (Fsp3) is 0.500. The van der Waals surface area contributed by atoms with Crippen molar-refractivity contribution in [2.75, 3.05) is 72.6 Å². The van der Waals surface area contributed by atoms with Crippen LogP contribution in [0.15, 0.2) is 48.5 Å². The third-order valence-corrected chi connectivity index (χ3v) is 6.29. The molecule has 7 heteroatoms. The van der Waals surface area contributed by atoms with Crippen LogP contribution in [0.5, 0.6) is 0 Å². The minimum Gasteiger partial charge on any atom is -0.383 e. The summed E-state index contributed by atoms with van der Waals surface area (Å²) < 4.78 is 24.3. The summed E-state index contributed by atoms with van der Waals surface area (Å²) in [6, 6.07) is 15.4. The Kier molecular flexibility index (Phi) is 9.23. The minimum absolute atomic E-state index is 0.0446. The van der Waals surface area contributed by atoms with E-state index in [0.717, 1.165) is 25.2 Å². The van der Waals surface area contributed by atoms with Gasteiger partial charge in [-0.3, -0.25) is 9.69 Å². The lowest BCUT2D eigenvalue weighted by Gasteiger charge is -2.28. The zero-order chi connectivity index (χ0) is 23.8. The van der Waals surface area contributed by atoms with Crippen molar-refractivity contribution in [3.63, 3.8) is 0 Å². The van der Waals surface area contributed by atoms with E-state index in [9.17, 15) is 9.18 Å². The number of rotatable bonds is 11. The summed E-state index contributed by atoms with van der Waals surface area (Å²) in [5, 5.41) is 0. The van der Waals surface area contributed by atoms with Gasteiger partial charge in [-0.15, -0.1) is 0 Å². The molecule has 1 saturated heterocycles. The number of hydrogen-bond acceptors (Lipinski definition) is 5. The highest BCUT2D eigenvalue weighted by Gasteiger charge is 2.35. The first-order valence-corrected chi connectivity index (χ1v) is 11.4. The van der Waals surface area contributed by atoms with Crippen molar-refractivity contribution in [3.05, 3.63) is 65.5 Å². The molecule has 1 heterocycles. The van der Waals surface area contributed by atoms with Crippen LogP contribution >= 0.6 is 0 Å². The molecule has 0 spiro atoms. The van der Waals surface area contributed by atoms with E-state index in [-0.39, 0.29) is 30.2 Å². The van der Waals surface area contributed by atoms with Crippen LogP contribution in [-0.4, -0.2) is 83.4 Å². The van der Waals surface area contributed by atoms with Crippen LogP contribution in [0.25, 0.3) is 0 Å². The van der Waals surface area contributed by atoms with Crippen molar-refractivity contribution < 1.29 is 18.7 Å². The van der Waals surface area contributed by atoms with Gasteiger partial charge in [0, 0.05) is 72.6 Å². The maximum absolute atomic E-state index is 14.0. The molecule has 2 aromatic carbocycles. The van der Waals surface area contributed by atoms with Crippen molar-refractivity contribution in [1.82, 2.24) is 9.80 Å². The Morgan fingerprint density at radius 3 is 2.48 bits per heavy atom. The van der Waals surface area contributed by atoms with E-state index in [1.54, 1.807) is 19.2 Å². The number of amides is 1. The third-order valence-electron chi connectivity index (χ3n) is 6.29. The van der Waals surface area contributed by atoms with Crippen LogP contribution in [0.1, 0.15) is 17.0 Å². The standard InChI is InChI=1S/C26H36FN3O3/c1-28(2)24-10-8-20(9-11-24)15-29-16-22(17-30(12-13-32-3)26(31)19-33-4)25(18-29)21-6-5-7-23(27)14-21/h5-11,14,22,25H,12-13,15-19H2,1-4H3/t22-,25-/m1/s1.